The highest BCUT2D eigenvalue weighted by atomic mass is 16.1. The van der Waals surface area contributed by atoms with E-state index < -0.39 is 5.91 Å². The number of nitrogens with two attached hydrogens (primary N) is 1. The monoisotopic (exact) mass is 359 g/mol. The zero-order valence-corrected chi connectivity index (χ0v) is 14.9. The summed E-state index contributed by atoms with van der Waals surface area (Å²) in [4.78, 5) is 22.5. The number of fused-ring (bicyclic) bond motifs is 1. The maximum atomic E-state index is 11.4. The lowest BCUT2D eigenvalue weighted by Crippen LogP contribution is -2.25. The Morgan fingerprint density at radius 1 is 1.19 bits per heavy atom. The minimum Gasteiger partial charge on any atom is -0.383 e. The fourth-order valence-corrected chi connectivity index (χ4v) is 3.31. The van der Waals surface area contributed by atoms with Gasteiger partial charge in [-0.1, -0.05) is 12.1 Å². The minimum absolute atomic E-state index is 0.434. The molecule has 0 saturated carbocycles. The lowest BCUT2D eigenvalue weighted by molar-refractivity contribution is 0.100. The van der Waals surface area contributed by atoms with Crippen molar-refractivity contribution in [2.24, 2.45) is 5.73 Å². The van der Waals surface area contributed by atoms with Gasteiger partial charge in [0.05, 0.1) is 5.69 Å². The number of aromatic nitrogens is 2. The van der Waals surface area contributed by atoms with E-state index in [-0.39, 0.29) is 0 Å². The van der Waals surface area contributed by atoms with Crippen LogP contribution in [0.5, 0.6) is 0 Å². The quantitative estimate of drug-likeness (QED) is 0.748. The Morgan fingerprint density at radius 2 is 2.04 bits per heavy atom. The van der Waals surface area contributed by atoms with E-state index >= 15 is 0 Å². The van der Waals surface area contributed by atoms with Gasteiger partial charge in [-0.25, -0.2) is 0 Å². The molecule has 3 N–H and O–H groups in total. The number of hydrogen-bond acceptors (Lipinski definition) is 5. The van der Waals surface area contributed by atoms with Crippen molar-refractivity contribution in [3.05, 3.63) is 77.7 Å². The first-order valence-corrected chi connectivity index (χ1v) is 8.93. The second-order valence-electron chi connectivity index (χ2n) is 6.66. The molecule has 0 saturated heterocycles. The Morgan fingerprint density at radius 3 is 2.85 bits per heavy atom. The highest BCUT2D eigenvalue weighted by Crippen LogP contribution is 2.26. The van der Waals surface area contributed by atoms with E-state index in [1.807, 2.05) is 48.9 Å². The van der Waals surface area contributed by atoms with Crippen LogP contribution in [-0.4, -0.2) is 33.9 Å². The molecule has 2 aromatic heterocycles. The number of primary amides is 1. The van der Waals surface area contributed by atoms with Crippen molar-refractivity contribution >= 4 is 11.6 Å². The Balaban J connectivity index is 1.57. The Labute approximate surface area is 158 Å². The van der Waals surface area contributed by atoms with Gasteiger partial charge >= 0.3 is 0 Å². The zero-order valence-electron chi connectivity index (χ0n) is 14.9. The number of carbonyl (C=O) groups is 1. The van der Waals surface area contributed by atoms with Gasteiger partial charge in [-0.15, -0.1) is 0 Å². The third-order valence-corrected chi connectivity index (χ3v) is 4.72. The summed E-state index contributed by atoms with van der Waals surface area (Å²) in [5, 5.41) is 3.50. The number of rotatable bonds is 4. The Hall–Kier alpha value is -3.25. The summed E-state index contributed by atoms with van der Waals surface area (Å²) in [5.74, 6) is -0.434. The number of anilines is 1. The number of pyridine rings is 2. The van der Waals surface area contributed by atoms with Gasteiger partial charge in [0.25, 0.3) is 0 Å². The van der Waals surface area contributed by atoms with Gasteiger partial charge < -0.3 is 11.1 Å². The van der Waals surface area contributed by atoms with Crippen molar-refractivity contribution in [2.75, 3.05) is 18.4 Å². The van der Waals surface area contributed by atoms with Gasteiger partial charge in [0.2, 0.25) is 5.91 Å². The zero-order chi connectivity index (χ0) is 18.6. The summed E-state index contributed by atoms with van der Waals surface area (Å²) >= 11 is 0. The maximum Gasteiger partial charge on any atom is 0.248 e. The van der Waals surface area contributed by atoms with Crippen LogP contribution in [0.1, 0.15) is 21.5 Å². The largest absolute Gasteiger partial charge is 0.383 e. The van der Waals surface area contributed by atoms with E-state index in [1.165, 1.54) is 5.56 Å². The van der Waals surface area contributed by atoms with Crippen molar-refractivity contribution in [2.45, 2.75) is 13.1 Å². The van der Waals surface area contributed by atoms with Crippen molar-refractivity contribution in [1.82, 2.24) is 14.9 Å². The maximum absolute atomic E-state index is 11.4. The third kappa shape index (κ3) is 3.96. The molecule has 0 bridgehead atoms. The van der Waals surface area contributed by atoms with Crippen LogP contribution in [0.4, 0.5) is 5.69 Å². The highest BCUT2D eigenvalue weighted by molar-refractivity contribution is 5.94. The average molecular weight is 359 g/mol. The molecule has 0 unspecified atom stereocenters. The first kappa shape index (κ1) is 17.2. The SMILES string of the molecule is NC(=O)c1cccc(-c2cc3c(cn2)CN(Cc2ccncc2)CCN3)c1. The van der Waals surface area contributed by atoms with Crippen molar-refractivity contribution in [3.8, 4) is 11.3 Å². The predicted octanol–water partition coefficient (Wildman–Crippen LogP) is 2.67. The topological polar surface area (TPSA) is 84.1 Å². The predicted molar refractivity (Wildman–Crippen MR) is 105 cm³/mol. The summed E-state index contributed by atoms with van der Waals surface area (Å²) in [6.45, 7) is 3.53. The fraction of sp³-hybridized carbons (Fsp3) is 0.190. The van der Waals surface area contributed by atoms with Crippen LogP contribution in [0.3, 0.4) is 0 Å². The van der Waals surface area contributed by atoms with Crippen LogP contribution in [0.25, 0.3) is 11.3 Å². The molecule has 6 nitrogen and oxygen atoms in total. The molecule has 0 fully saturated rings. The summed E-state index contributed by atoms with van der Waals surface area (Å²) in [6.07, 6.45) is 5.57. The summed E-state index contributed by atoms with van der Waals surface area (Å²) in [5.41, 5.74) is 11.1. The van der Waals surface area contributed by atoms with Crippen LogP contribution >= 0.6 is 0 Å². The van der Waals surface area contributed by atoms with Gasteiger partial charge in [-0.2, -0.15) is 0 Å². The van der Waals surface area contributed by atoms with E-state index in [0.717, 1.165) is 48.7 Å². The molecule has 27 heavy (non-hydrogen) atoms. The Bertz CT molecular complexity index is 958. The van der Waals surface area contributed by atoms with E-state index in [1.54, 1.807) is 12.1 Å². The number of nitrogens with one attached hydrogen (secondary N) is 1. The Kier molecular flexibility index (Phi) is 4.80. The summed E-state index contributed by atoms with van der Waals surface area (Å²) < 4.78 is 0. The van der Waals surface area contributed by atoms with Crippen molar-refractivity contribution in [1.29, 1.82) is 0 Å². The van der Waals surface area contributed by atoms with Gasteiger partial charge in [-0.05, 0) is 35.9 Å². The first-order chi connectivity index (χ1) is 13.2. The molecule has 0 radical (unpaired) electrons. The standard InChI is InChI=1S/C21H21N5O/c22-21(27)17-3-1-2-16(10-17)19-11-20-18(12-25-19)14-26(9-8-24-20)13-15-4-6-23-7-5-15/h1-7,10-12,24H,8-9,13-14H2,(H2,22,27). The second kappa shape index (κ2) is 7.55. The molecule has 1 aliphatic heterocycles. The molecule has 1 amide bonds. The molecule has 0 spiro atoms. The van der Waals surface area contributed by atoms with Gasteiger partial charge in [0.1, 0.15) is 0 Å². The molecule has 136 valence electrons. The van der Waals surface area contributed by atoms with E-state index in [0.29, 0.717) is 5.56 Å². The van der Waals surface area contributed by atoms with Crippen LogP contribution in [0.15, 0.2) is 61.1 Å². The molecule has 6 heteroatoms. The molecule has 0 aliphatic carbocycles. The number of nitrogens with zero attached hydrogens (tertiary/aromatic N) is 3. The number of amides is 1. The highest BCUT2D eigenvalue weighted by Gasteiger charge is 2.16. The molecule has 1 aliphatic rings. The van der Waals surface area contributed by atoms with Crippen LogP contribution in [-0.2, 0) is 13.1 Å². The molecular formula is C21H21N5O. The number of carbonyl (C=O) groups excluding carboxylic acids is 1. The molecule has 4 rings (SSSR count). The van der Waals surface area contributed by atoms with E-state index in [4.69, 9.17) is 5.73 Å². The summed E-state index contributed by atoms with van der Waals surface area (Å²) in [6, 6.07) is 13.4. The van der Waals surface area contributed by atoms with E-state index in [9.17, 15) is 4.79 Å². The minimum atomic E-state index is -0.434. The molecule has 1 aromatic carbocycles. The summed E-state index contributed by atoms with van der Waals surface area (Å²) in [7, 11) is 0. The average Bonchev–Trinajstić information content (AvgIpc) is 2.90. The molecular weight excluding hydrogens is 338 g/mol. The van der Waals surface area contributed by atoms with Crippen LogP contribution in [0.2, 0.25) is 0 Å². The second-order valence-corrected chi connectivity index (χ2v) is 6.66. The van der Waals surface area contributed by atoms with Gasteiger partial charge in [0, 0.05) is 67.1 Å². The molecule has 0 atom stereocenters. The van der Waals surface area contributed by atoms with E-state index in [2.05, 4.69) is 20.2 Å². The van der Waals surface area contributed by atoms with Gasteiger partial charge in [-0.3, -0.25) is 19.7 Å². The molecule has 3 heterocycles. The fourth-order valence-electron chi connectivity index (χ4n) is 3.31. The van der Waals surface area contributed by atoms with Crippen molar-refractivity contribution < 1.29 is 4.79 Å². The smallest absolute Gasteiger partial charge is 0.248 e. The molecule has 3 aromatic rings. The number of hydrogen-bond donors (Lipinski definition) is 2. The first-order valence-electron chi connectivity index (χ1n) is 8.93. The third-order valence-electron chi connectivity index (χ3n) is 4.72. The lowest BCUT2D eigenvalue weighted by atomic mass is 10.1. The van der Waals surface area contributed by atoms with Crippen LogP contribution in [0, 0.1) is 0 Å². The van der Waals surface area contributed by atoms with Crippen LogP contribution < -0.4 is 11.1 Å². The lowest BCUT2D eigenvalue weighted by Gasteiger charge is -2.19. The normalized spacial score (nSPS) is 14.1. The van der Waals surface area contributed by atoms with Crippen molar-refractivity contribution in [3.63, 3.8) is 0 Å². The van der Waals surface area contributed by atoms with Gasteiger partial charge in [0.15, 0.2) is 0 Å². The number of benzene rings is 1.